The number of anilines is 8. The molecule has 1 atom stereocenters. The van der Waals surface area contributed by atoms with Gasteiger partial charge in [-0.1, -0.05) is 13.2 Å². The fraction of sp³-hybridized carbons (Fsp3) is 0.0769. The van der Waals surface area contributed by atoms with E-state index in [2.05, 4.69) is 95.4 Å². The molecule has 4 aromatic carbocycles. The first-order valence-corrected chi connectivity index (χ1v) is 26.2. The Bertz CT molecular complexity index is 3820. The third-order valence-corrected chi connectivity index (χ3v) is 13.7. The Labute approximate surface area is 422 Å². The van der Waals surface area contributed by atoms with Crippen molar-refractivity contribution in [3.8, 4) is 0 Å². The number of primary amides is 2. The van der Waals surface area contributed by atoms with Gasteiger partial charge in [0.1, 0.15) is 32.5 Å². The van der Waals surface area contributed by atoms with E-state index >= 15 is 0 Å². The molecule has 6 rings (SSSR count). The molecule has 2 heterocycles. The van der Waals surface area contributed by atoms with Crippen molar-refractivity contribution in [1.82, 2.24) is 29.9 Å². The maximum absolute atomic E-state index is 14.7. The van der Waals surface area contributed by atoms with Gasteiger partial charge in [-0.3, -0.25) is 9.11 Å². The Kier molecular flexibility index (Phi) is 16.5. The minimum absolute atomic E-state index is 0.0839. The second kappa shape index (κ2) is 22.3. The standard InChI is InChI=1S/C39H36F2N18O12S4/c1-4-72(62,63)22-8-12-26(30(16-22)74(66,67)68)58-56-24-10-6-20(14-28(24)48-34(42)60)46-38-52-32(40)50-36(54-38)44-18-19(3)45-37-51-33(41)53-39(55-37)47-21-7-11-25(29(15-21)49-35(43)61)57-59-27-13-9-23(73(64,65)5-2)17-31(27)75(69,70)71/h4-17,19H,1-2,18H2,3H3,(H3,42,48,60)(H3,43,49,61)(H,66,67,68)(H,69,70,71)(H2,44,46,50,52,54)(H2,45,47,51,53,55). The molecule has 0 bridgehead atoms. The molecule has 0 saturated heterocycles. The number of nitrogens with one attached hydrogen (secondary N) is 6. The molecule has 392 valence electrons. The van der Waals surface area contributed by atoms with Crippen molar-refractivity contribution in [3.05, 3.63) is 109 Å². The maximum Gasteiger partial charge on any atom is 0.316 e. The van der Waals surface area contributed by atoms with Crippen LogP contribution in [0.4, 0.5) is 87.7 Å². The lowest BCUT2D eigenvalue weighted by Crippen LogP contribution is -2.27. The summed E-state index contributed by atoms with van der Waals surface area (Å²) >= 11 is 0. The van der Waals surface area contributed by atoms with Crippen molar-refractivity contribution in [3.63, 3.8) is 0 Å². The van der Waals surface area contributed by atoms with Gasteiger partial charge in [0, 0.05) is 34.8 Å². The molecule has 0 fully saturated rings. The summed E-state index contributed by atoms with van der Waals surface area (Å²) in [5.74, 6) is -1.33. The normalized spacial score (nSPS) is 12.4. The number of urea groups is 2. The lowest BCUT2D eigenvalue weighted by atomic mass is 10.2. The molecule has 1 unspecified atom stereocenters. The van der Waals surface area contributed by atoms with Crippen LogP contribution in [0.5, 0.6) is 0 Å². The van der Waals surface area contributed by atoms with Crippen LogP contribution in [0.1, 0.15) is 6.92 Å². The molecular weight excluding hydrogens is 1080 g/mol. The summed E-state index contributed by atoms with van der Waals surface area (Å²) in [7, 11) is -18.3. The van der Waals surface area contributed by atoms with Crippen molar-refractivity contribution in [1.29, 1.82) is 0 Å². The highest BCUT2D eigenvalue weighted by Gasteiger charge is 2.23. The summed E-state index contributed by atoms with van der Waals surface area (Å²) in [6.45, 7) is 7.83. The van der Waals surface area contributed by atoms with Crippen LogP contribution in [-0.2, 0) is 39.9 Å². The third-order valence-electron chi connectivity index (χ3n) is 9.22. The molecule has 0 aliphatic carbocycles. The van der Waals surface area contributed by atoms with Gasteiger partial charge in [0.05, 0.1) is 21.2 Å². The van der Waals surface area contributed by atoms with Gasteiger partial charge in [0.2, 0.25) is 23.8 Å². The zero-order valence-corrected chi connectivity index (χ0v) is 41.0. The van der Waals surface area contributed by atoms with Gasteiger partial charge in [-0.15, -0.1) is 20.5 Å². The first-order valence-electron chi connectivity index (χ1n) is 20.2. The second-order valence-electron chi connectivity index (χ2n) is 14.7. The minimum atomic E-state index is -5.04. The fourth-order valence-electron chi connectivity index (χ4n) is 5.93. The molecule has 6 aromatic rings. The molecule has 75 heavy (non-hydrogen) atoms. The molecule has 36 heteroatoms. The van der Waals surface area contributed by atoms with Gasteiger partial charge in [-0.2, -0.15) is 55.5 Å². The number of carbonyl (C=O) groups is 2. The number of azo groups is 2. The number of halogens is 2. The van der Waals surface area contributed by atoms with Crippen LogP contribution in [0.3, 0.4) is 0 Å². The highest BCUT2D eigenvalue weighted by molar-refractivity contribution is 7.94. The van der Waals surface area contributed by atoms with Crippen LogP contribution in [-0.4, -0.2) is 97.3 Å². The number of aromatic nitrogens is 6. The number of hydrogen-bond acceptors (Lipinski definition) is 24. The number of nitrogens with two attached hydrogens (primary N) is 2. The van der Waals surface area contributed by atoms with Crippen LogP contribution in [0.25, 0.3) is 0 Å². The van der Waals surface area contributed by atoms with E-state index in [0.717, 1.165) is 24.3 Å². The van der Waals surface area contributed by atoms with E-state index in [1.807, 2.05) is 0 Å². The monoisotopic (exact) mass is 1110 g/mol. The van der Waals surface area contributed by atoms with Crippen LogP contribution < -0.4 is 43.4 Å². The summed E-state index contributed by atoms with van der Waals surface area (Å²) in [5.41, 5.74) is 9.33. The fourth-order valence-corrected chi connectivity index (χ4v) is 8.84. The van der Waals surface area contributed by atoms with Gasteiger partial charge in [-0.05, 0) is 79.7 Å². The summed E-state index contributed by atoms with van der Waals surface area (Å²) in [5, 5.41) is 32.1. The topological polar surface area (TPSA) is 462 Å². The highest BCUT2D eigenvalue weighted by atomic mass is 32.2. The Hall–Kier alpha value is -9.10. The van der Waals surface area contributed by atoms with Gasteiger partial charge < -0.3 is 43.4 Å². The molecule has 30 nitrogen and oxygen atoms in total. The van der Waals surface area contributed by atoms with E-state index < -0.39 is 101 Å². The van der Waals surface area contributed by atoms with Gasteiger partial charge >= 0.3 is 24.2 Å². The van der Waals surface area contributed by atoms with Crippen molar-refractivity contribution in [2.24, 2.45) is 31.9 Å². The molecule has 12 N–H and O–H groups in total. The number of hydrogen-bond donors (Lipinski definition) is 10. The maximum atomic E-state index is 14.7. The van der Waals surface area contributed by atoms with E-state index in [0.29, 0.717) is 22.9 Å². The van der Waals surface area contributed by atoms with E-state index in [1.165, 1.54) is 36.4 Å². The molecule has 0 spiro atoms. The Balaban J connectivity index is 1.14. The number of benzene rings is 4. The van der Waals surface area contributed by atoms with E-state index in [4.69, 9.17) is 11.5 Å². The SMILES string of the molecule is C=CS(=O)(=O)c1ccc(N=Nc2ccc(Nc3nc(F)nc(NCC(C)Nc4nc(F)nc(Nc5ccc(N=Nc6ccc(S(=O)(=O)C=C)cc6S(=O)(=O)O)c(NC(N)=O)c5)n4)n3)cc2NC(N)=O)c(S(=O)(=O)O)c1. The molecule has 2 aromatic heterocycles. The Morgan fingerprint density at radius 1 is 0.587 bits per heavy atom. The number of rotatable bonds is 21. The first kappa shape index (κ1) is 55.2. The zero-order valence-electron chi connectivity index (χ0n) is 37.8. The Morgan fingerprint density at radius 3 is 1.36 bits per heavy atom. The summed E-state index contributed by atoms with van der Waals surface area (Å²) in [6.07, 6.45) is -2.50. The molecule has 0 saturated carbocycles. The number of nitrogens with zero attached hydrogens (tertiary/aromatic N) is 10. The quantitative estimate of drug-likeness (QED) is 0.0297. The van der Waals surface area contributed by atoms with E-state index in [-0.39, 0.29) is 64.5 Å². The molecule has 0 aliphatic rings. The lowest BCUT2D eigenvalue weighted by Gasteiger charge is -2.16. The number of carbonyl (C=O) groups excluding carboxylic acids is 2. The molecule has 4 amide bonds. The lowest BCUT2D eigenvalue weighted by molar-refractivity contribution is 0.258. The summed E-state index contributed by atoms with van der Waals surface area (Å²) in [4.78, 5) is 43.6. The van der Waals surface area contributed by atoms with E-state index in [1.54, 1.807) is 6.92 Å². The Morgan fingerprint density at radius 2 is 0.960 bits per heavy atom. The van der Waals surface area contributed by atoms with Gasteiger partial charge in [-0.25, -0.2) is 26.4 Å². The second-order valence-corrected chi connectivity index (χ2v) is 21.2. The van der Waals surface area contributed by atoms with Crippen LogP contribution in [0, 0.1) is 12.2 Å². The van der Waals surface area contributed by atoms with Crippen LogP contribution in [0.2, 0.25) is 0 Å². The zero-order chi connectivity index (χ0) is 55.0. The number of amides is 4. The van der Waals surface area contributed by atoms with Crippen LogP contribution in [0.15, 0.2) is 137 Å². The average molecular weight is 1120 g/mol. The van der Waals surface area contributed by atoms with E-state index in [9.17, 15) is 61.1 Å². The molecule has 0 radical (unpaired) electrons. The summed E-state index contributed by atoms with van der Waals surface area (Å²) < 4.78 is 146. The number of sulfone groups is 2. The van der Waals surface area contributed by atoms with Crippen molar-refractivity contribution < 1.29 is 61.1 Å². The van der Waals surface area contributed by atoms with Crippen molar-refractivity contribution in [2.75, 3.05) is 38.4 Å². The van der Waals surface area contributed by atoms with Crippen LogP contribution >= 0.6 is 0 Å². The van der Waals surface area contributed by atoms with Gasteiger partial charge in [0.15, 0.2) is 19.7 Å². The average Bonchev–Trinajstić information content (AvgIpc) is 3.31. The van der Waals surface area contributed by atoms with Crippen molar-refractivity contribution in [2.45, 2.75) is 32.5 Å². The minimum Gasteiger partial charge on any atom is -0.352 e. The predicted molar refractivity (Wildman–Crippen MR) is 263 cm³/mol. The highest BCUT2D eigenvalue weighted by Crippen LogP contribution is 2.36. The predicted octanol–water partition coefficient (Wildman–Crippen LogP) is 5.87. The molecular formula is C39H36F2N18O12S4. The molecule has 0 aliphatic heterocycles. The van der Waals surface area contributed by atoms with Crippen molar-refractivity contribution >= 4 is 121 Å². The smallest absolute Gasteiger partial charge is 0.316 e. The third kappa shape index (κ3) is 14.8. The largest absolute Gasteiger partial charge is 0.352 e. The first-order chi connectivity index (χ1) is 35.1. The summed E-state index contributed by atoms with van der Waals surface area (Å²) in [6, 6.07) is 10.0. The van der Waals surface area contributed by atoms with Gasteiger partial charge in [0.25, 0.3) is 20.2 Å².